The molecule has 1 aliphatic rings. The van der Waals surface area contributed by atoms with Gasteiger partial charge in [0.15, 0.2) is 0 Å². The molecule has 18 heavy (non-hydrogen) atoms. The summed E-state index contributed by atoms with van der Waals surface area (Å²) in [4.78, 5) is 13.1. The van der Waals surface area contributed by atoms with Crippen LogP contribution in [0.15, 0.2) is 18.2 Å². The highest BCUT2D eigenvalue weighted by atomic mass is 16.4. The molecule has 1 aromatic rings. The average molecular weight is 247 g/mol. The first kappa shape index (κ1) is 13.1. The van der Waals surface area contributed by atoms with Gasteiger partial charge in [-0.1, -0.05) is 30.7 Å². The van der Waals surface area contributed by atoms with Gasteiger partial charge >= 0.3 is 5.97 Å². The van der Waals surface area contributed by atoms with Crippen molar-refractivity contribution in [1.29, 1.82) is 0 Å². The van der Waals surface area contributed by atoms with Gasteiger partial charge in [-0.25, -0.2) is 0 Å². The summed E-state index contributed by atoms with van der Waals surface area (Å²) in [5.41, 5.74) is 3.91. The molecule has 0 radical (unpaired) electrons. The summed E-state index contributed by atoms with van der Waals surface area (Å²) in [7, 11) is 1.91. The lowest BCUT2D eigenvalue weighted by Crippen LogP contribution is -2.39. The van der Waals surface area contributed by atoms with Crippen LogP contribution in [0.2, 0.25) is 0 Å². The van der Waals surface area contributed by atoms with E-state index >= 15 is 0 Å². The van der Waals surface area contributed by atoms with E-state index in [0.29, 0.717) is 5.92 Å². The number of likely N-dealkylation sites (N-methyl/N-ethyl adjacent to an activating group) is 1. The van der Waals surface area contributed by atoms with E-state index in [1.54, 1.807) is 6.92 Å². The van der Waals surface area contributed by atoms with E-state index in [9.17, 15) is 4.79 Å². The largest absolute Gasteiger partial charge is 0.480 e. The van der Waals surface area contributed by atoms with Crippen LogP contribution in [0.4, 0.5) is 0 Å². The SMILES string of the molecule is Cc1ccc2c(c1)C(N(C)C(C)C(=O)O)C(C)C2. The Hall–Kier alpha value is -1.35. The molecule has 0 spiro atoms. The molecule has 0 aromatic heterocycles. The van der Waals surface area contributed by atoms with Gasteiger partial charge in [-0.05, 0) is 44.4 Å². The number of rotatable bonds is 3. The standard InChI is InChI=1S/C15H21NO2/c1-9-5-6-12-8-10(2)14(13(12)7-9)16(4)11(3)15(17)18/h5-7,10-11,14H,8H2,1-4H3,(H,17,18). The topological polar surface area (TPSA) is 40.5 Å². The summed E-state index contributed by atoms with van der Waals surface area (Å²) in [5.74, 6) is -0.292. The summed E-state index contributed by atoms with van der Waals surface area (Å²) in [6.07, 6.45) is 1.04. The molecule has 0 heterocycles. The molecule has 2 rings (SSSR count). The zero-order valence-electron chi connectivity index (χ0n) is 11.5. The minimum atomic E-state index is -0.759. The minimum Gasteiger partial charge on any atom is -0.480 e. The molecular formula is C15H21NO2. The molecule has 0 bridgehead atoms. The molecule has 3 nitrogen and oxygen atoms in total. The van der Waals surface area contributed by atoms with Crippen molar-refractivity contribution in [3.8, 4) is 0 Å². The lowest BCUT2D eigenvalue weighted by molar-refractivity contribution is -0.143. The molecule has 3 heteroatoms. The minimum absolute atomic E-state index is 0.214. The van der Waals surface area contributed by atoms with Crippen molar-refractivity contribution < 1.29 is 9.90 Å². The smallest absolute Gasteiger partial charge is 0.320 e. The number of aryl methyl sites for hydroxylation is 1. The van der Waals surface area contributed by atoms with Gasteiger partial charge in [0, 0.05) is 6.04 Å². The highest BCUT2D eigenvalue weighted by Crippen LogP contribution is 2.40. The van der Waals surface area contributed by atoms with Crippen molar-refractivity contribution in [1.82, 2.24) is 4.90 Å². The van der Waals surface area contributed by atoms with Crippen molar-refractivity contribution in [2.45, 2.75) is 39.3 Å². The normalized spacial score (nSPS) is 24.1. The molecule has 0 saturated heterocycles. The van der Waals surface area contributed by atoms with Crippen molar-refractivity contribution >= 4 is 5.97 Å². The second-order valence-electron chi connectivity index (χ2n) is 5.51. The molecule has 3 atom stereocenters. The summed E-state index contributed by atoms with van der Waals surface area (Å²) in [6.45, 7) is 6.04. The maximum absolute atomic E-state index is 11.1. The Kier molecular flexibility index (Phi) is 3.44. The molecule has 1 aliphatic carbocycles. The molecule has 3 unspecified atom stereocenters. The fourth-order valence-corrected chi connectivity index (χ4v) is 2.98. The van der Waals surface area contributed by atoms with Crippen LogP contribution >= 0.6 is 0 Å². The summed E-state index contributed by atoms with van der Waals surface area (Å²) >= 11 is 0. The Balaban J connectivity index is 2.35. The number of fused-ring (bicyclic) bond motifs is 1. The predicted octanol–water partition coefficient (Wildman–Crippen LogP) is 2.63. The third kappa shape index (κ3) is 2.15. The Labute approximate surface area is 108 Å². The fraction of sp³-hybridized carbons (Fsp3) is 0.533. The van der Waals surface area contributed by atoms with Crippen LogP contribution in [-0.2, 0) is 11.2 Å². The van der Waals surface area contributed by atoms with Gasteiger partial charge in [0.2, 0.25) is 0 Å². The molecule has 0 aliphatic heterocycles. The van der Waals surface area contributed by atoms with E-state index in [2.05, 4.69) is 32.0 Å². The van der Waals surface area contributed by atoms with E-state index < -0.39 is 12.0 Å². The van der Waals surface area contributed by atoms with Crippen LogP contribution < -0.4 is 0 Å². The zero-order valence-corrected chi connectivity index (χ0v) is 11.5. The summed E-state index contributed by atoms with van der Waals surface area (Å²) in [5, 5.41) is 9.16. The number of nitrogens with zero attached hydrogens (tertiary/aromatic N) is 1. The first-order valence-electron chi connectivity index (χ1n) is 6.46. The number of hydrogen-bond donors (Lipinski definition) is 1. The number of carboxylic acids is 1. The van der Waals surface area contributed by atoms with E-state index in [4.69, 9.17) is 5.11 Å². The van der Waals surface area contributed by atoms with Gasteiger partial charge in [0.1, 0.15) is 6.04 Å². The van der Waals surface area contributed by atoms with Crippen LogP contribution in [0.3, 0.4) is 0 Å². The van der Waals surface area contributed by atoms with E-state index in [1.807, 2.05) is 11.9 Å². The van der Waals surface area contributed by atoms with Crippen molar-refractivity contribution in [3.05, 3.63) is 34.9 Å². The number of hydrogen-bond acceptors (Lipinski definition) is 2. The molecule has 1 aromatic carbocycles. The van der Waals surface area contributed by atoms with Gasteiger partial charge in [-0.3, -0.25) is 9.69 Å². The first-order valence-corrected chi connectivity index (χ1v) is 6.46. The molecular weight excluding hydrogens is 226 g/mol. The monoisotopic (exact) mass is 247 g/mol. The summed E-state index contributed by atoms with van der Waals surface area (Å²) < 4.78 is 0. The van der Waals surface area contributed by atoms with Crippen LogP contribution in [0.5, 0.6) is 0 Å². The zero-order chi connectivity index (χ0) is 13.4. The third-order valence-corrected chi connectivity index (χ3v) is 4.11. The number of carbonyl (C=O) groups is 1. The van der Waals surface area contributed by atoms with E-state index in [0.717, 1.165) is 6.42 Å². The van der Waals surface area contributed by atoms with Crippen LogP contribution in [-0.4, -0.2) is 29.1 Å². The number of carboxylic acid groups (broad SMARTS) is 1. The average Bonchev–Trinajstić information content (AvgIpc) is 2.62. The predicted molar refractivity (Wildman–Crippen MR) is 71.6 cm³/mol. The lowest BCUT2D eigenvalue weighted by Gasteiger charge is -2.31. The lowest BCUT2D eigenvalue weighted by atomic mass is 9.99. The van der Waals surface area contributed by atoms with E-state index in [-0.39, 0.29) is 6.04 Å². The van der Waals surface area contributed by atoms with Gasteiger partial charge < -0.3 is 5.11 Å². The van der Waals surface area contributed by atoms with Gasteiger partial charge in [0.25, 0.3) is 0 Å². The molecule has 0 fully saturated rings. The second kappa shape index (κ2) is 4.73. The maximum atomic E-state index is 11.1. The van der Waals surface area contributed by atoms with Gasteiger partial charge in [-0.15, -0.1) is 0 Å². The first-order chi connectivity index (χ1) is 8.41. The third-order valence-electron chi connectivity index (χ3n) is 4.11. The second-order valence-corrected chi connectivity index (χ2v) is 5.51. The van der Waals surface area contributed by atoms with Crippen LogP contribution in [0.1, 0.15) is 36.6 Å². The maximum Gasteiger partial charge on any atom is 0.320 e. The van der Waals surface area contributed by atoms with Crippen molar-refractivity contribution in [3.63, 3.8) is 0 Å². The van der Waals surface area contributed by atoms with Crippen molar-refractivity contribution in [2.24, 2.45) is 5.92 Å². The van der Waals surface area contributed by atoms with Gasteiger partial charge in [-0.2, -0.15) is 0 Å². The number of benzene rings is 1. The Morgan fingerprint density at radius 3 is 2.78 bits per heavy atom. The van der Waals surface area contributed by atoms with Gasteiger partial charge in [0.05, 0.1) is 0 Å². The molecule has 98 valence electrons. The molecule has 0 amide bonds. The quantitative estimate of drug-likeness (QED) is 0.892. The highest BCUT2D eigenvalue weighted by molar-refractivity contribution is 5.73. The Morgan fingerprint density at radius 1 is 1.50 bits per heavy atom. The van der Waals surface area contributed by atoms with E-state index in [1.165, 1.54) is 16.7 Å². The van der Waals surface area contributed by atoms with Crippen molar-refractivity contribution in [2.75, 3.05) is 7.05 Å². The highest BCUT2D eigenvalue weighted by Gasteiger charge is 2.35. The summed E-state index contributed by atoms with van der Waals surface area (Å²) in [6, 6.07) is 6.28. The number of aliphatic carboxylic acids is 1. The van der Waals surface area contributed by atoms with Crippen LogP contribution in [0.25, 0.3) is 0 Å². The fourth-order valence-electron chi connectivity index (χ4n) is 2.98. The Bertz CT molecular complexity index is 470. The van der Waals surface area contributed by atoms with Crippen LogP contribution in [0, 0.1) is 12.8 Å². The molecule has 1 N–H and O–H groups in total. The molecule has 0 saturated carbocycles. The Morgan fingerprint density at radius 2 is 2.17 bits per heavy atom.